The molecule has 10 N–H and O–H groups in total. The molecule has 0 aromatic carbocycles. The number of aliphatic carboxylic acids is 1. The van der Waals surface area contributed by atoms with Gasteiger partial charge in [0.2, 0.25) is 11.7 Å². The Morgan fingerprint density at radius 3 is 2.51 bits per heavy atom. The molecule has 0 saturated carbocycles. The zero-order valence-corrected chi connectivity index (χ0v) is 27.5. The van der Waals surface area contributed by atoms with Gasteiger partial charge in [-0.3, -0.25) is 23.0 Å². The van der Waals surface area contributed by atoms with Crippen molar-refractivity contribution in [3.8, 4) is 0 Å². The molecule has 2 aliphatic rings. The molecule has 2 aliphatic heterocycles. The number of nitrogens with two attached hydrogens (primary N) is 1. The number of anilines is 1. The Morgan fingerprint density at radius 2 is 1.88 bits per heavy atom. The van der Waals surface area contributed by atoms with E-state index in [4.69, 9.17) is 29.4 Å². The average Bonchev–Trinajstić information content (AvgIpc) is 3.33. The van der Waals surface area contributed by atoms with Gasteiger partial charge in [-0.2, -0.15) is 4.98 Å². The summed E-state index contributed by atoms with van der Waals surface area (Å²) < 4.78 is 47.9. The highest BCUT2D eigenvalue weighted by atomic mass is 31.2. The Hall–Kier alpha value is -3.40. The molecular formula is C25H38N5O20P-2. The fourth-order valence-electron chi connectivity index (χ4n) is 4.75. The van der Waals surface area contributed by atoms with Crippen LogP contribution in [0.1, 0.15) is 12.6 Å². The first-order valence-electron chi connectivity index (χ1n) is 14.8. The van der Waals surface area contributed by atoms with E-state index in [2.05, 4.69) is 24.7 Å². The summed E-state index contributed by atoms with van der Waals surface area (Å²) in [4.78, 5) is 65.3. The van der Waals surface area contributed by atoms with Gasteiger partial charge in [0.1, 0.15) is 55.5 Å². The largest absolute Gasteiger partial charge is 0.756 e. The summed E-state index contributed by atoms with van der Waals surface area (Å²) in [5.41, 5.74) is 4.32. The lowest BCUT2D eigenvalue weighted by Gasteiger charge is -2.50. The lowest BCUT2D eigenvalue weighted by molar-refractivity contribution is -0.379. The number of methoxy groups -OCH3 is 1. The van der Waals surface area contributed by atoms with Crippen molar-refractivity contribution in [1.29, 1.82) is 0 Å². The highest BCUT2D eigenvalue weighted by Gasteiger charge is 2.55. The van der Waals surface area contributed by atoms with Crippen molar-refractivity contribution in [1.82, 2.24) is 20.2 Å². The highest BCUT2D eigenvalue weighted by molar-refractivity contribution is 7.46. The topological polar surface area (TPSA) is 385 Å². The minimum absolute atomic E-state index is 0.00429. The van der Waals surface area contributed by atoms with E-state index >= 15 is 0 Å². The van der Waals surface area contributed by atoms with Crippen LogP contribution in [0.15, 0.2) is 17.1 Å². The number of hydrogen-bond donors (Lipinski definition) is 9. The van der Waals surface area contributed by atoms with Crippen molar-refractivity contribution in [3.63, 3.8) is 0 Å². The summed E-state index contributed by atoms with van der Waals surface area (Å²) >= 11 is 0. The molecule has 1 aromatic heterocycles. The first-order valence-corrected chi connectivity index (χ1v) is 16.3. The SMILES string of the molecule is COCCOCCOC(=O)NCC(=O)NC1C(O)CC(OP(=O)([O-])OC2OC(n3ccc(N)nc3=O)C(O)C2O)(C(=O)[O-])OC1[C@H](O)[C@H](O)CO. The summed E-state index contributed by atoms with van der Waals surface area (Å²) in [6.07, 6.45) is -18.8. The van der Waals surface area contributed by atoms with Gasteiger partial charge >= 0.3 is 11.8 Å². The van der Waals surface area contributed by atoms with E-state index in [0.717, 1.165) is 12.3 Å². The Balaban J connectivity index is 1.73. The van der Waals surface area contributed by atoms with Gasteiger partial charge in [0.15, 0.2) is 12.5 Å². The number of amides is 2. The Bertz CT molecular complexity index is 1450. The predicted octanol–water partition coefficient (Wildman–Crippen LogP) is -7.91. The van der Waals surface area contributed by atoms with Crippen molar-refractivity contribution >= 4 is 31.6 Å². The van der Waals surface area contributed by atoms with Crippen LogP contribution in [0.3, 0.4) is 0 Å². The molecule has 3 rings (SSSR count). The number of aliphatic hydroxyl groups excluding tert-OH is 6. The summed E-state index contributed by atoms with van der Waals surface area (Å²) in [5, 5.41) is 78.2. The first kappa shape index (κ1) is 42.0. The minimum atomic E-state index is -6.12. The fourth-order valence-corrected chi connectivity index (χ4v) is 5.77. The summed E-state index contributed by atoms with van der Waals surface area (Å²) in [6, 6.07) is -0.760. The fraction of sp³-hybridized carbons (Fsp3) is 0.720. The number of carboxylic acids is 1. The van der Waals surface area contributed by atoms with Crippen LogP contribution >= 0.6 is 7.82 Å². The van der Waals surface area contributed by atoms with Gasteiger partial charge in [-0.1, -0.05) is 0 Å². The number of aliphatic hydroxyl groups is 6. The third-order valence-corrected chi connectivity index (χ3v) is 8.21. The van der Waals surface area contributed by atoms with Crippen molar-refractivity contribution in [2.24, 2.45) is 0 Å². The first-order chi connectivity index (χ1) is 23.9. The zero-order chi connectivity index (χ0) is 38.1. The summed E-state index contributed by atoms with van der Waals surface area (Å²) in [5.74, 6) is -7.39. The second-order valence-corrected chi connectivity index (χ2v) is 12.2. The molecule has 2 amide bonds. The van der Waals surface area contributed by atoms with Gasteiger partial charge in [-0.05, 0) is 6.07 Å². The number of rotatable bonds is 18. The van der Waals surface area contributed by atoms with Crippen molar-refractivity contribution in [2.75, 3.05) is 52.4 Å². The molecule has 25 nitrogen and oxygen atoms in total. The maximum Gasteiger partial charge on any atom is 0.407 e. The number of phosphoric ester groups is 1. The molecule has 26 heteroatoms. The molecule has 3 heterocycles. The number of alkyl carbamates (subject to hydrolysis) is 1. The van der Waals surface area contributed by atoms with E-state index in [1.165, 1.54) is 7.11 Å². The molecule has 0 radical (unpaired) electrons. The van der Waals surface area contributed by atoms with E-state index in [1.807, 2.05) is 0 Å². The van der Waals surface area contributed by atoms with Gasteiger partial charge in [0, 0.05) is 19.7 Å². The number of aromatic nitrogens is 2. The molecule has 290 valence electrons. The monoisotopic (exact) mass is 759 g/mol. The van der Waals surface area contributed by atoms with E-state index in [0.29, 0.717) is 11.2 Å². The summed E-state index contributed by atoms with van der Waals surface area (Å²) in [7, 11) is -4.66. The Kier molecular flexibility index (Phi) is 15.1. The quantitative estimate of drug-likeness (QED) is 0.0495. The van der Waals surface area contributed by atoms with Gasteiger partial charge in [0.25, 0.3) is 7.82 Å². The van der Waals surface area contributed by atoms with Crippen LogP contribution in [0.2, 0.25) is 0 Å². The second-order valence-electron chi connectivity index (χ2n) is 10.9. The number of carboxylic acid groups (broad SMARTS) is 1. The third kappa shape index (κ3) is 11.0. The molecule has 11 atom stereocenters. The average molecular weight is 760 g/mol. The van der Waals surface area contributed by atoms with Crippen LogP contribution < -0.4 is 32.1 Å². The molecule has 51 heavy (non-hydrogen) atoms. The summed E-state index contributed by atoms with van der Waals surface area (Å²) in [6.45, 7) is -1.68. The van der Waals surface area contributed by atoms with Crippen LogP contribution in [0.5, 0.6) is 0 Å². The van der Waals surface area contributed by atoms with Crippen LogP contribution in [-0.4, -0.2) is 160 Å². The van der Waals surface area contributed by atoms with E-state index < -0.39 is 112 Å². The van der Waals surface area contributed by atoms with Crippen molar-refractivity contribution in [3.05, 3.63) is 22.7 Å². The van der Waals surface area contributed by atoms with Crippen molar-refractivity contribution in [2.45, 2.75) is 67.4 Å². The molecule has 0 spiro atoms. The van der Waals surface area contributed by atoms with Gasteiger partial charge in [-0.25, -0.2) is 9.59 Å². The number of nitrogens with zero attached hydrogens (tertiary/aromatic N) is 2. The maximum absolute atomic E-state index is 13.0. The van der Waals surface area contributed by atoms with E-state index in [9.17, 15) is 64.4 Å². The zero-order valence-electron chi connectivity index (χ0n) is 26.6. The highest BCUT2D eigenvalue weighted by Crippen LogP contribution is 2.50. The molecule has 9 unspecified atom stereocenters. The number of phosphoric acid groups is 1. The normalized spacial score (nSPS) is 30.2. The second kappa shape index (κ2) is 18.4. The number of carbonyl (C=O) groups is 3. The predicted molar refractivity (Wildman–Crippen MR) is 155 cm³/mol. The number of nitrogens with one attached hydrogen (secondary N) is 2. The van der Waals surface area contributed by atoms with Crippen LogP contribution in [0.4, 0.5) is 10.6 Å². The molecular weight excluding hydrogens is 721 g/mol. The lowest BCUT2D eigenvalue weighted by atomic mass is 9.88. The molecule has 0 aliphatic carbocycles. The molecule has 2 fully saturated rings. The van der Waals surface area contributed by atoms with Crippen molar-refractivity contribution < 1.29 is 92.3 Å². The Labute approximate surface area is 287 Å². The van der Waals surface area contributed by atoms with E-state index in [1.54, 1.807) is 0 Å². The number of hydrogen-bond acceptors (Lipinski definition) is 22. The molecule has 2 saturated heterocycles. The molecule has 1 aromatic rings. The minimum Gasteiger partial charge on any atom is -0.756 e. The van der Waals surface area contributed by atoms with Gasteiger partial charge < -0.3 is 85.5 Å². The van der Waals surface area contributed by atoms with Gasteiger partial charge in [-0.15, -0.1) is 0 Å². The smallest absolute Gasteiger partial charge is 0.407 e. The number of carbonyl (C=O) groups excluding carboxylic acids is 3. The number of ether oxygens (including phenoxy) is 5. The van der Waals surface area contributed by atoms with Crippen LogP contribution in [-0.2, 0) is 46.9 Å². The van der Waals surface area contributed by atoms with Crippen LogP contribution in [0.25, 0.3) is 0 Å². The lowest BCUT2D eigenvalue weighted by Crippen LogP contribution is -2.70. The maximum atomic E-state index is 13.0. The number of nitrogen functional groups attached to an aromatic ring is 1. The Morgan fingerprint density at radius 1 is 1.20 bits per heavy atom. The van der Waals surface area contributed by atoms with E-state index in [-0.39, 0.29) is 25.6 Å². The third-order valence-electron chi connectivity index (χ3n) is 7.23. The molecule has 0 bridgehead atoms. The van der Waals surface area contributed by atoms with Gasteiger partial charge in [0.05, 0.1) is 38.6 Å². The van der Waals surface area contributed by atoms with Crippen LogP contribution in [0, 0.1) is 0 Å². The standard InChI is InChI=1S/C25H40N5O20P/c1-44-4-5-45-6-7-46-24(41)27-9-14(34)29-15-11(32)8-25(22(38)39,48-19(15)16(35)12(33)10-31)50-51(42,43)49-21-18(37)17(36)20(47-21)30-3-2-13(26)28-23(30)40/h2-3,11-12,15-21,31-33,35-37H,4-10H2,1H3,(H,27,41)(H,29,34)(H,38,39)(H,42,43)(H2,26,28,40)/p-2/t11?,12-,15?,16-,17?,18?,19?,20?,21?,25?/m1/s1.